The van der Waals surface area contributed by atoms with Crippen LogP contribution in [0.3, 0.4) is 0 Å². The normalized spacial score (nSPS) is 13.2. The van der Waals surface area contributed by atoms with Gasteiger partial charge in [-0.1, -0.05) is 155 Å². The summed E-state index contributed by atoms with van der Waals surface area (Å²) in [4.78, 5) is 47.3. The second-order valence-corrected chi connectivity index (χ2v) is 30.4. The minimum Gasteiger partial charge on any atom is -0.380 e. The van der Waals surface area contributed by atoms with Gasteiger partial charge in [-0.2, -0.15) is 20.4 Å². The molecule has 0 aliphatic rings. The lowest BCUT2D eigenvalue weighted by molar-refractivity contribution is -0.132. The average Bonchev–Trinajstić information content (AvgIpc) is 1.75. The molecule has 10 rings (SSSR count). The molecule has 0 radical (unpaired) electrons. The second kappa shape index (κ2) is 51.9. The summed E-state index contributed by atoms with van der Waals surface area (Å²) in [6.07, 6.45) is 12.2. The van der Waals surface area contributed by atoms with E-state index >= 15 is 0 Å². The summed E-state index contributed by atoms with van der Waals surface area (Å²) in [5.74, 6) is -2.42. The molecule has 630 valence electrons. The van der Waals surface area contributed by atoms with Gasteiger partial charge >= 0.3 is 0 Å². The third kappa shape index (κ3) is 31.9. The van der Waals surface area contributed by atoms with Crippen LogP contribution >= 0.6 is 46.4 Å². The minimum atomic E-state index is -0.493. The number of rotatable bonds is 43. The van der Waals surface area contributed by atoms with Crippen LogP contribution in [0.1, 0.15) is 157 Å². The van der Waals surface area contributed by atoms with Crippen molar-refractivity contribution in [3.05, 3.63) is 283 Å². The van der Waals surface area contributed by atoms with Crippen molar-refractivity contribution in [1.29, 1.82) is 0 Å². The number of hydrogen-bond donors (Lipinski definition) is 10. The van der Waals surface area contributed by atoms with Crippen molar-refractivity contribution < 1.29 is 59.0 Å². The molecule has 4 aromatic heterocycles. The van der Waals surface area contributed by atoms with Crippen molar-refractivity contribution in [3.8, 4) is 0 Å². The van der Waals surface area contributed by atoms with Crippen molar-refractivity contribution in [2.45, 2.75) is 178 Å². The molecule has 0 saturated heterocycles. The number of benzene rings is 6. The highest BCUT2D eigenvalue weighted by Crippen LogP contribution is 2.35. The minimum absolute atomic E-state index is 0.0295. The number of methoxy groups -OCH3 is 4. The van der Waals surface area contributed by atoms with E-state index in [-0.39, 0.29) is 55.4 Å². The summed E-state index contributed by atoms with van der Waals surface area (Å²) in [7, 11) is 8.25. The van der Waals surface area contributed by atoms with Crippen LogP contribution in [0.25, 0.3) is 0 Å². The fourth-order valence-corrected chi connectivity index (χ4v) is 14.5. The zero-order valence-electron chi connectivity index (χ0n) is 67.6. The number of carbonyl (C=O) groups is 4. The predicted octanol–water partition coefficient (Wildman–Crippen LogP) is 14.6. The van der Waals surface area contributed by atoms with E-state index in [1.165, 1.54) is 11.1 Å². The fourth-order valence-electron chi connectivity index (χ4n) is 14.0. The monoisotopic (exact) mass is 1680 g/mol. The van der Waals surface area contributed by atoms with E-state index in [4.69, 9.17) is 86.2 Å². The van der Waals surface area contributed by atoms with Gasteiger partial charge < -0.3 is 29.6 Å². The van der Waals surface area contributed by atoms with Gasteiger partial charge in [-0.25, -0.2) is 21.9 Å². The molecule has 0 aliphatic carbocycles. The van der Waals surface area contributed by atoms with Crippen LogP contribution in [0.2, 0.25) is 20.1 Å². The maximum atomic E-state index is 11.9. The molecule has 0 fully saturated rings. The predicted molar refractivity (Wildman–Crippen MR) is 453 cm³/mol. The van der Waals surface area contributed by atoms with Gasteiger partial charge in [0, 0.05) is 145 Å². The van der Waals surface area contributed by atoms with Crippen molar-refractivity contribution >= 4 is 70.0 Å². The first-order valence-electron chi connectivity index (χ1n) is 39.0. The highest BCUT2D eigenvalue weighted by Gasteiger charge is 2.33. The number of unbranched alkanes of at least 4 members (excludes halogenated alkanes) is 2. The summed E-state index contributed by atoms with van der Waals surface area (Å²) in [5.41, 5.74) is 18.8. The van der Waals surface area contributed by atoms with Crippen LogP contribution < -0.4 is 32.6 Å². The number of amides is 4. The molecule has 26 nitrogen and oxygen atoms in total. The Morgan fingerprint density at radius 1 is 0.385 bits per heavy atom. The van der Waals surface area contributed by atoms with E-state index in [1.54, 1.807) is 75.1 Å². The molecule has 0 spiro atoms. The first-order valence-corrected chi connectivity index (χ1v) is 40.5. The van der Waals surface area contributed by atoms with Crippen molar-refractivity contribution in [1.82, 2.24) is 71.7 Å². The van der Waals surface area contributed by atoms with Crippen LogP contribution in [-0.2, 0) is 90.0 Å². The lowest BCUT2D eigenvalue weighted by Gasteiger charge is -2.27. The number of halogens is 4. The first-order chi connectivity index (χ1) is 56.6. The van der Waals surface area contributed by atoms with Crippen LogP contribution in [0.5, 0.6) is 0 Å². The topological polar surface area (TPSA) is 330 Å². The second-order valence-electron chi connectivity index (χ2n) is 28.6. The van der Waals surface area contributed by atoms with Crippen LogP contribution in [0.4, 0.5) is 0 Å². The number of hydrogen-bond acceptors (Lipinski definition) is 18. The van der Waals surface area contributed by atoms with Gasteiger partial charge in [0.15, 0.2) is 0 Å². The third-order valence-electron chi connectivity index (χ3n) is 20.1. The number of carbonyl (C=O) groups excluding carboxylic acids is 4. The molecule has 0 bridgehead atoms. The number of aryl methyl sites for hydroxylation is 3. The summed E-state index contributed by atoms with van der Waals surface area (Å²) >= 11 is 24.1. The Bertz CT molecular complexity index is 4480. The summed E-state index contributed by atoms with van der Waals surface area (Å²) in [6, 6.07) is 57.2. The molecule has 4 heterocycles. The molecule has 4 amide bonds. The van der Waals surface area contributed by atoms with E-state index in [1.807, 2.05) is 177 Å². The smallest absolute Gasteiger partial charge is 0.245 e. The van der Waals surface area contributed by atoms with E-state index in [0.717, 1.165) is 109 Å². The Balaban J connectivity index is 0.000000217. The van der Waals surface area contributed by atoms with Crippen LogP contribution in [0.15, 0.2) is 201 Å². The first kappa shape index (κ1) is 94.9. The Kier molecular flexibility index (Phi) is 42.1. The highest BCUT2D eigenvalue weighted by atomic mass is 35.5. The van der Waals surface area contributed by atoms with Crippen LogP contribution in [0, 0.1) is 6.92 Å². The van der Waals surface area contributed by atoms with Gasteiger partial charge in [0.25, 0.3) is 0 Å². The maximum absolute atomic E-state index is 11.9. The van der Waals surface area contributed by atoms with Crippen molar-refractivity contribution in [2.24, 2.45) is 0 Å². The summed E-state index contributed by atoms with van der Waals surface area (Å²) in [6.45, 7) is 11.1. The van der Waals surface area contributed by atoms with Crippen molar-refractivity contribution in [3.63, 3.8) is 0 Å². The average molecular weight is 1690 g/mol. The SMILES string of the molecule is CNCCCCn1nccc1[C@@H](Cc1ccc(Cl)cc1)[C@@H](CC(=O)NO)OC.CO[C@H](CC(=O)NO)[C@H](Cc1ccc(Cl)cc1)c1ccnn1C(C)C.CO[C@H](CC(=O)NO)[C@H](Cc1ccc(Cl)cc1)c1ccnn1CCCCNCc1ccc(C)cc1.CO[C@H](CC(=O)NO)[C@H](Cc1ccc(Cl)cc1)c1ccnn1Cc1ccccc1. The summed E-state index contributed by atoms with van der Waals surface area (Å²) in [5, 5.41) is 63.1. The van der Waals surface area contributed by atoms with Gasteiger partial charge in [0.1, 0.15) is 0 Å². The standard InChI is InChI=1S/C27H35ClN4O3.C22H24ClN3O3.C20H29ClN4O3.C18H24ClN3O3/c1-20-5-7-22(8-6-20)19-29-14-3-4-16-32-25(13-15-30-32)24(26(35-2)18-27(33)31-34)17-21-9-11-23(28)12-10-21;1-29-21(14-22(27)25-28)19(13-16-7-9-18(23)10-8-16)20-11-12-24-26(20)15-17-5-3-2-4-6-17;1-22-10-3-4-12-25-18(9-11-23-25)17(19(28-2)14-20(26)24-27)13-15-5-7-16(21)8-6-15;1-12(2)22-16(8-9-20-22)15(17(25-3)11-18(23)21-24)10-13-4-6-14(19)7-5-13/h5-13,15,24,26,29,34H,3-4,14,16-19H2,1-2H3,(H,31,33);2-12,19,21,28H,13-15H2,1H3,(H,25,27);5-9,11,17,19,22,27H,3-4,10,12-14H2,1-2H3,(H,24,26);4-9,12,15,17,24H,10-11H2,1-3H3,(H,21,23)/t24-,26-;19-,21-;17-,19-;15-,17-/m1111/s1. The van der Waals surface area contributed by atoms with E-state index in [0.29, 0.717) is 52.3 Å². The van der Waals surface area contributed by atoms with Crippen molar-refractivity contribution in [2.75, 3.05) is 48.6 Å². The van der Waals surface area contributed by atoms with Gasteiger partial charge in [0.2, 0.25) is 23.6 Å². The Morgan fingerprint density at radius 2 is 0.701 bits per heavy atom. The molecular formula is C87H112Cl4N14O12. The number of nitrogens with one attached hydrogen (secondary N) is 6. The molecule has 117 heavy (non-hydrogen) atoms. The number of aromatic nitrogens is 8. The lowest BCUT2D eigenvalue weighted by atomic mass is 9.88. The molecule has 8 atom stereocenters. The van der Waals surface area contributed by atoms with Gasteiger partial charge in [0.05, 0.1) is 56.6 Å². The van der Waals surface area contributed by atoms with E-state index in [9.17, 15) is 19.2 Å². The fraction of sp³-hybridized carbons (Fsp3) is 0.402. The van der Waals surface area contributed by atoms with Crippen LogP contribution in [-0.4, -0.2) is 157 Å². The maximum Gasteiger partial charge on any atom is 0.245 e. The number of hydroxylamine groups is 4. The molecule has 0 saturated carbocycles. The Labute approximate surface area is 705 Å². The molecular weight excluding hydrogens is 1570 g/mol. The molecule has 10 N–H and O–H groups in total. The summed E-state index contributed by atoms with van der Waals surface area (Å²) < 4.78 is 30.5. The largest absolute Gasteiger partial charge is 0.380 e. The third-order valence-corrected chi connectivity index (χ3v) is 21.1. The van der Waals surface area contributed by atoms with Gasteiger partial charge in [-0.15, -0.1) is 0 Å². The highest BCUT2D eigenvalue weighted by molar-refractivity contribution is 6.31. The van der Waals surface area contributed by atoms with Gasteiger partial charge in [-0.3, -0.25) is 58.7 Å². The Morgan fingerprint density at radius 3 is 1.04 bits per heavy atom. The number of nitrogens with zero attached hydrogens (tertiary/aromatic N) is 8. The molecule has 6 aromatic carbocycles. The van der Waals surface area contributed by atoms with E-state index in [2.05, 4.69) is 76.1 Å². The zero-order valence-corrected chi connectivity index (χ0v) is 70.6. The molecule has 10 aromatic rings. The molecule has 30 heteroatoms. The molecule has 0 unspecified atom stereocenters. The number of ether oxygens (including phenoxy) is 4. The van der Waals surface area contributed by atoms with Gasteiger partial charge in [-0.05, 0) is 198 Å². The lowest BCUT2D eigenvalue weighted by Crippen LogP contribution is -2.32. The quantitative estimate of drug-likeness (QED) is 0.00964. The Hall–Kier alpha value is -9.20. The van der Waals surface area contributed by atoms with E-state index < -0.39 is 48.0 Å². The molecule has 0 aliphatic heterocycles. The zero-order chi connectivity index (χ0) is 84.4.